The summed E-state index contributed by atoms with van der Waals surface area (Å²) in [4.78, 5) is 44.0. The quantitative estimate of drug-likeness (QED) is 0.254. The van der Waals surface area contributed by atoms with Crippen molar-refractivity contribution in [1.82, 2.24) is 4.90 Å². The summed E-state index contributed by atoms with van der Waals surface area (Å²) in [5.41, 5.74) is 2.08. The van der Waals surface area contributed by atoms with E-state index in [4.69, 9.17) is 18.9 Å². The first-order chi connectivity index (χ1) is 22.4. The van der Waals surface area contributed by atoms with Crippen LogP contribution >= 0.6 is 0 Å². The van der Waals surface area contributed by atoms with Crippen LogP contribution in [0.1, 0.15) is 91.4 Å². The maximum Gasteiger partial charge on any atom is 0.338 e. The molecule has 2 unspecified atom stereocenters. The van der Waals surface area contributed by atoms with Crippen LogP contribution in [0.5, 0.6) is 5.75 Å². The van der Waals surface area contributed by atoms with Gasteiger partial charge in [-0.25, -0.2) is 4.79 Å². The lowest BCUT2D eigenvalue weighted by atomic mass is 9.74. The van der Waals surface area contributed by atoms with E-state index < -0.39 is 17.4 Å². The number of hydrogen-bond donors (Lipinski definition) is 0. The Bertz CT molecular complexity index is 1400. The van der Waals surface area contributed by atoms with E-state index in [1.807, 2.05) is 51.1 Å². The molecule has 9 heteroatoms. The molecule has 1 saturated carbocycles. The summed E-state index contributed by atoms with van der Waals surface area (Å²) in [5, 5.41) is 0. The van der Waals surface area contributed by atoms with Crippen LogP contribution in [-0.2, 0) is 14.2 Å². The van der Waals surface area contributed by atoms with E-state index in [2.05, 4.69) is 23.6 Å². The van der Waals surface area contributed by atoms with E-state index in [1.165, 1.54) is 0 Å². The minimum absolute atomic E-state index is 0.0757. The van der Waals surface area contributed by atoms with Crippen molar-refractivity contribution < 1.29 is 33.3 Å². The van der Waals surface area contributed by atoms with Gasteiger partial charge in [-0.05, 0) is 95.8 Å². The van der Waals surface area contributed by atoms with Crippen molar-refractivity contribution in [1.29, 1.82) is 0 Å². The Morgan fingerprint density at radius 3 is 2.04 bits per heavy atom. The number of esters is 1. The number of ether oxygens (including phenoxy) is 4. The lowest BCUT2D eigenvalue weighted by Gasteiger charge is -2.47. The van der Waals surface area contributed by atoms with E-state index in [9.17, 15) is 14.4 Å². The molecular formula is C38H52N2O7. The highest BCUT2D eigenvalue weighted by atomic mass is 16.6. The molecule has 9 nitrogen and oxygen atoms in total. The van der Waals surface area contributed by atoms with Crippen LogP contribution in [-0.4, -0.2) is 93.3 Å². The Balaban J connectivity index is 1.12. The molecule has 0 spiro atoms. The lowest BCUT2D eigenvalue weighted by Crippen LogP contribution is -2.53. The van der Waals surface area contributed by atoms with Crippen molar-refractivity contribution in [3.8, 4) is 5.75 Å². The predicted molar refractivity (Wildman–Crippen MR) is 182 cm³/mol. The molecule has 2 fully saturated rings. The average Bonchev–Trinajstić information content (AvgIpc) is 3.01. The Morgan fingerprint density at radius 2 is 1.49 bits per heavy atom. The Kier molecular flexibility index (Phi) is 11.1. The monoisotopic (exact) mass is 648 g/mol. The molecule has 0 aromatic heterocycles. The predicted octanol–water partition coefficient (Wildman–Crippen LogP) is 6.08. The largest absolute Gasteiger partial charge is 0.490 e. The van der Waals surface area contributed by atoms with Crippen LogP contribution in [0.2, 0.25) is 0 Å². The summed E-state index contributed by atoms with van der Waals surface area (Å²) in [6.45, 7) is 13.6. The highest BCUT2D eigenvalue weighted by Gasteiger charge is 2.42. The molecule has 0 radical (unpaired) electrons. The second-order valence-electron chi connectivity index (χ2n) is 14.7. The first-order valence-electron chi connectivity index (χ1n) is 17.1. The van der Waals surface area contributed by atoms with Gasteiger partial charge in [-0.2, -0.15) is 0 Å². The van der Waals surface area contributed by atoms with E-state index in [0.717, 1.165) is 51.0 Å². The molecule has 0 N–H and O–H groups in total. The maximum atomic E-state index is 13.4. The number of methoxy groups -OCH3 is 2. The van der Waals surface area contributed by atoms with Crippen molar-refractivity contribution in [2.45, 2.75) is 84.1 Å². The Hall–Kier alpha value is -3.27. The first kappa shape index (κ1) is 35.0. The van der Waals surface area contributed by atoms with Gasteiger partial charge in [0.05, 0.1) is 30.6 Å². The van der Waals surface area contributed by atoms with E-state index in [-0.39, 0.29) is 36.9 Å². The van der Waals surface area contributed by atoms with Gasteiger partial charge in [0.1, 0.15) is 17.5 Å². The summed E-state index contributed by atoms with van der Waals surface area (Å²) in [5.74, 6) is -0.284. The first-order valence-corrected chi connectivity index (χ1v) is 17.1. The van der Waals surface area contributed by atoms with Crippen molar-refractivity contribution in [2.75, 3.05) is 52.0 Å². The smallest absolute Gasteiger partial charge is 0.338 e. The van der Waals surface area contributed by atoms with Crippen LogP contribution in [0.4, 0.5) is 5.69 Å². The van der Waals surface area contributed by atoms with Crippen molar-refractivity contribution >= 4 is 23.2 Å². The van der Waals surface area contributed by atoms with Crippen LogP contribution in [0.3, 0.4) is 0 Å². The molecule has 5 rings (SSSR count). The summed E-state index contributed by atoms with van der Waals surface area (Å²) in [7, 11) is 3.09. The molecule has 2 aromatic rings. The number of carbonyl (C=O) groups excluding carboxylic acids is 3. The maximum absolute atomic E-state index is 13.4. The number of ketones is 2. The van der Waals surface area contributed by atoms with Crippen molar-refractivity contribution in [3.63, 3.8) is 0 Å². The van der Waals surface area contributed by atoms with Crippen molar-refractivity contribution in [3.05, 3.63) is 59.2 Å². The molecule has 2 aromatic carbocycles. The number of benzene rings is 2. The van der Waals surface area contributed by atoms with Crippen LogP contribution in [0.15, 0.2) is 42.5 Å². The normalized spacial score (nSPS) is 23.6. The number of fused-ring (bicyclic) bond motifs is 1. The second kappa shape index (κ2) is 14.9. The lowest BCUT2D eigenvalue weighted by molar-refractivity contribution is -0.00665. The molecule has 47 heavy (non-hydrogen) atoms. The third-order valence-corrected chi connectivity index (χ3v) is 9.83. The zero-order chi connectivity index (χ0) is 33.9. The van der Waals surface area contributed by atoms with Gasteiger partial charge >= 0.3 is 5.97 Å². The van der Waals surface area contributed by atoms with Gasteiger partial charge in [0.25, 0.3) is 0 Å². The number of Topliss-reactive ketones (excluding diaryl/α,β-unsaturated/α-hetero) is 2. The highest BCUT2D eigenvalue weighted by molar-refractivity contribution is 6.16. The zero-order valence-corrected chi connectivity index (χ0v) is 29.1. The number of anilines is 1. The van der Waals surface area contributed by atoms with Gasteiger partial charge in [0, 0.05) is 75.6 Å². The highest BCUT2D eigenvalue weighted by Crippen LogP contribution is 2.37. The molecule has 256 valence electrons. The van der Waals surface area contributed by atoms with E-state index in [1.54, 1.807) is 26.4 Å². The van der Waals surface area contributed by atoms with E-state index in [0.29, 0.717) is 40.4 Å². The fourth-order valence-electron chi connectivity index (χ4n) is 7.22. The SMILES string of the molecule is COCC1C(=O)c2ccc(OC3CC(N(CC4CCN(c5ccc(C(=O)OC(C)(C)C)cc5)CC4)C(C)C)C3)cc2C(=O)C1COC. The van der Waals surface area contributed by atoms with Gasteiger partial charge in [0.15, 0.2) is 11.6 Å². The molecule has 3 aliphatic rings. The second-order valence-corrected chi connectivity index (χ2v) is 14.7. The number of piperidine rings is 1. The minimum atomic E-state index is -0.556. The minimum Gasteiger partial charge on any atom is -0.490 e. The number of rotatable bonds is 12. The molecule has 0 bridgehead atoms. The summed E-state index contributed by atoms with van der Waals surface area (Å²) in [6, 6.07) is 14.0. The summed E-state index contributed by atoms with van der Waals surface area (Å²) in [6.07, 6.45) is 4.21. The van der Waals surface area contributed by atoms with Gasteiger partial charge in [-0.15, -0.1) is 0 Å². The molecule has 1 aliphatic heterocycles. The fourth-order valence-corrected chi connectivity index (χ4v) is 7.22. The number of hydrogen-bond acceptors (Lipinski definition) is 9. The van der Waals surface area contributed by atoms with Gasteiger partial charge < -0.3 is 23.8 Å². The van der Waals surface area contributed by atoms with Gasteiger partial charge in [-0.3, -0.25) is 14.5 Å². The van der Waals surface area contributed by atoms with Gasteiger partial charge in [0.2, 0.25) is 0 Å². The molecular weight excluding hydrogens is 596 g/mol. The summed E-state index contributed by atoms with van der Waals surface area (Å²) >= 11 is 0. The van der Waals surface area contributed by atoms with Crippen LogP contribution in [0, 0.1) is 17.8 Å². The standard InChI is InChI=1S/C38H52N2O7/c1-24(2)40(21-25-14-16-39(17-15-25)27-10-8-26(9-11-27)37(43)47-38(3,4)5)28-18-30(19-28)46-29-12-13-31-32(20-29)36(42)34(23-45-7)33(22-44-6)35(31)41/h8-13,20,24-25,28,30,33-34H,14-19,21-23H2,1-7H3. The molecule has 0 amide bonds. The molecule has 1 saturated heterocycles. The number of carbonyl (C=O) groups is 3. The zero-order valence-electron chi connectivity index (χ0n) is 29.1. The third-order valence-electron chi connectivity index (χ3n) is 9.83. The van der Waals surface area contributed by atoms with Crippen LogP contribution < -0.4 is 9.64 Å². The Labute approximate surface area is 279 Å². The van der Waals surface area contributed by atoms with Gasteiger partial charge in [-0.1, -0.05) is 0 Å². The molecule has 1 heterocycles. The Morgan fingerprint density at radius 1 is 0.894 bits per heavy atom. The molecule has 2 atom stereocenters. The average molecular weight is 649 g/mol. The third kappa shape index (κ3) is 8.24. The summed E-state index contributed by atoms with van der Waals surface area (Å²) < 4.78 is 22.4. The number of nitrogens with zero attached hydrogens (tertiary/aromatic N) is 2. The van der Waals surface area contributed by atoms with Crippen LogP contribution in [0.25, 0.3) is 0 Å². The van der Waals surface area contributed by atoms with E-state index >= 15 is 0 Å². The molecule has 2 aliphatic carbocycles. The topological polar surface area (TPSA) is 94.6 Å². The van der Waals surface area contributed by atoms with Crippen molar-refractivity contribution in [2.24, 2.45) is 17.8 Å². The fraction of sp³-hybridized carbons (Fsp3) is 0.605.